The molecule has 1 aliphatic carbocycles. The molecule has 5 heteroatoms. The third-order valence-electron chi connectivity index (χ3n) is 4.23. The summed E-state index contributed by atoms with van der Waals surface area (Å²) in [5.41, 5.74) is 0.313. The maximum absolute atomic E-state index is 12.2. The summed E-state index contributed by atoms with van der Waals surface area (Å²) in [6.45, 7) is 3.25. The van der Waals surface area contributed by atoms with Crippen LogP contribution >= 0.6 is 0 Å². The van der Waals surface area contributed by atoms with E-state index in [0.29, 0.717) is 25.9 Å². The number of nitrogens with one attached hydrogen (secondary N) is 1. The SMILES string of the molecule is CCN(Cc1ccccc1)C(=O)NCC1(C(=O)O)CCC1. The fourth-order valence-corrected chi connectivity index (χ4v) is 2.56. The van der Waals surface area contributed by atoms with Crippen LogP contribution in [0.15, 0.2) is 30.3 Å². The lowest BCUT2D eigenvalue weighted by atomic mass is 9.69. The third kappa shape index (κ3) is 3.54. The third-order valence-corrected chi connectivity index (χ3v) is 4.23. The summed E-state index contributed by atoms with van der Waals surface area (Å²) in [5.74, 6) is -0.805. The lowest BCUT2D eigenvalue weighted by Gasteiger charge is -2.38. The van der Waals surface area contributed by atoms with E-state index in [4.69, 9.17) is 0 Å². The normalized spacial score (nSPS) is 15.9. The van der Waals surface area contributed by atoms with Gasteiger partial charge in [-0.15, -0.1) is 0 Å². The van der Waals surface area contributed by atoms with Gasteiger partial charge in [0.1, 0.15) is 0 Å². The fraction of sp³-hybridized carbons (Fsp3) is 0.500. The Bertz CT molecular complexity index is 498. The maximum Gasteiger partial charge on any atom is 0.317 e. The van der Waals surface area contributed by atoms with Crippen LogP contribution in [0.3, 0.4) is 0 Å². The molecule has 21 heavy (non-hydrogen) atoms. The Kier molecular flexibility index (Phi) is 4.83. The Labute approximate surface area is 125 Å². The van der Waals surface area contributed by atoms with Gasteiger partial charge in [-0.05, 0) is 25.3 Å². The molecular weight excluding hydrogens is 268 g/mol. The number of amides is 2. The highest BCUT2D eigenvalue weighted by molar-refractivity contribution is 5.78. The summed E-state index contributed by atoms with van der Waals surface area (Å²) < 4.78 is 0. The number of rotatable bonds is 6. The molecule has 1 saturated carbocycles. The molecule has 0 spiro atoms. The number of carboxylic acids is 1. The van der Waals surface area contributed by atoms with Crippen LogP contribution in [0.1, 0.15) is 31.7 Å². The van der Waals surface area contributed by atoms with Gasteiger partial charge in [0.2, 0.25) is 0 Å². The van der Waals surface area contributed by atoms with E-state index in [1.54, 1.807) is 4.90 Å². The first-order valence-corrected chi connectivity index (χ1v) is 7.37. The Morgan fingerprint density at radius 1 is 1.29 bits per heavy atom. The van der Waals surface area contributed by atoms with Gasteiger partial charge in [0.25, 0.3) is 0 Å². The molecule has 5 nitrogen and oxygen atoms in total. The van der Waals surface area contributed by atoms with Crippen LogP contribution in [0, 0.1) is 5.41 Å². The summed E-state index contributed by atoms with van der Waals surface area (Å²) in [6, 6.07) is 9.56. The van der Waals surface area contributed by atoms with E-state index >= 15 is 0 Å². The van der Waals surface area contributed by atoms with E-state index in [9.17, 15) is 14.7 Å². The molecule has 0 bridgehead atoms. The Hall–Kier alpha value is -2.04. The minimum absolute atomic E-state index is 0.200. The first-order valence-electron chi connectivity index (χ1n) is 7.37. The van der Waals surface area contributed by atoms with Crippen molar-refractivity contribution in [2.24, 2.45) is 5.41 Å². The molecule has 2 N–H and O–H groups in total. The van der Waals surface area contributed by atoms with Crippen molar-refractivity contribution in [2.75, 3.05) is 13.1 Å². The molecule has 0 aromatic heterocycles. The topological polar surface area (TPSA) is 69.6 Å². The summed E-state index contributed by atoms with van der Waals surface area (Å²) in [6.07, 6.45) is 2.21. The quantitative estimate of drug-likeness (QED) is 0.845. The van der Waals surface area contributed by atoms with Crippen molar-refractivity contribution in [3.05, 3.63) is 35.9 Å². The summed E-state index contributed by atoms with van der Waals surface area (Å²) >= 11 is 0. The Morgan fingerprint density at radius 2 is 1.95 bits per heavy atom. The molecule has 1 fully saturated rings. The molecule has 2 rings (SSSR count). The zero-order valence-corrected chi connectivity index (χ0v) is 12.3. The molecule has 1 aromatic carbocycles. The monoisotopic (exact) mass is 290 g/mol. The second-order valence-electron chi connectivity index (χ2n) is 5.60. The number of urea groups is 1. The van der Waals surface area contributed by atoms with Crippen LogP contribution in [0.2, 0.25) is 0 Å². The van der Waals surface area contributed by atoms with Crippen molar-refractivity contribution < 1.29 is 14.7 Å². The zero-order valence-electron chi connectivity index (χ0n) is 12.3. The van der Waals surface area contributed by atoms with Crippen LogP contribution in [-0.4, -0.2) is 35.1 Å². The number of hydrogen-bond acceptors (Lipinski definition) is 2. The van der Waals surface area contributed by atoms with Gasteiger partial charge in [0.15, 0.2) is 0 Å². The van der Waals surface area contributed by atoms with Crippen molar-refractivity contribution in [1.82, 2.24) is 10.2 Å². The first kappa shape index (κ1) is 15.4. The van der Waals surface area contributed by atoms with Gasteiger partial charge < -0.3 is 15.3 Å². The second kappa shape index (κ2) is 6.61. The Balaban J connectivity index is 1.90. The number of nitrogens with zero attached hydrogens (tertiary/aromatic N) is 1. The molecule has 0 aliphatic heterocycles. The molecule has 0 saturated heterocycles. The van der Waals surface area contributed by atoms with Gasteiger partial charge in [0, 0.05) is 19.6 Å². The van der Waals surface area contributed by atoms with Crippen molar-refractivity contribution in [1.29, 1.82) is 0 Å². The second-order valence-corrected chi connectivity index (χ2v) is 5.60. The van der Waals surface area contributed by atoms with E-state index in [0.717, 1.165) is 12.0 Å². The van der Waals surface area contributed by atoms with Gasteiger partial charge in [-0.1, -0.05) is 36.8 Å². The Morgan fingerprint density at radius 3 is 2.43 bits per heavy atom. The first-order chi connectivity index (χ1) is 10.1. The average Bonchev–Trinajstić information content (AvgIpc) is 2.44. The van der Waals surface area contributed by atoms with Crippen molar-refractivity contribution in [3.63, 3.8) is 0 Å². The van der Waals surface area contributed by atoms with Crippen LogP contribution in [0.5, 0.6) is 0 Å². The van der Waals surface area contributed by atoms with E-state index < -0.39 is 11.4 Å². The summed E-state index contributed by atoms with van der Waals surface area (Å²) in [5, 5.41) is 12.0. The summed E-state index contributed by atoms with van der Waals surface area (Å²) in [7, 11) is 0. The number of carboxylic acid groups (broad SMARTS) is 1. The molecule has 1 aromatic rings. The molecule has 114 valence electrons. The predicted molar refractivity (Wildman–Crippen MR) is 79.8 cm³/mol. The zero-order chi connectivity index (χ0) is 15.3. The standard InChI is InChI=1S/C16H22N2O3/c1-2-18(11-13-7-4-3-5-8-13)15(21)17-12-16(14(19)20)9-6-10-16/h3-5,7-8H,2,6,9-12H2,1H3,(H,17,21)(H,19,20). The van der Waals surface area contributed by atoms with Crippen LogP contribution in [0.25, 0.3) is 0 Å². The van der Waals surface area contributed by atoms with E-state index in [1.165, 1.54) is 0 Å². The highest BCUT2D eigenvalue weighted by Crippen LogP contribution is 2.40. The fourth-order valence-electron chi connectivity index (χ4n) is 2.56. The highest BCUT2D eigenvalue weighted by Gasteiger charge is 2.44. The molecule has 2 amide bonds. The maximum atomic E-state index is 12.2. The van der Waals surface area contributed by atoms with E-state index in [2.05, 4.69) is 5.32 Å². The van der Waals surface area contributed by atoms with Crippen molar-refractivity contribution >= 4 is 12.0 Å². The average molecular weight is 290 g/mol. The molecule has 0 heterocycles. The van der Waals surface area contributed by atoms with Gasteiger partial charge in [-0.25, -0.2) is 4.79 Å². The molecule has 0 unspecified atom stereocenters. The van der Waals surface area contributed by atoms with Gasteiger partial charge in [0.05, 0.1) is 5.41 Å². The van der Waals surface area contributed by atoms with E-state index in [1.807, 2.05) is 37.3 Å². The molecule has 1 aliphatic rings. The molecule has 0 radical (unpaired) electrons. The lowest BCUT2D eigenvalue weighted by molar-refractivity contribution is -0.153. The number of benzene rings is 1. The highest BCUT2D eigenvalue weighted by atomic mass is 16.4. The number of hydrogen-bond donors (Lipinski definition) is 2. The largest absolute Gasteiger partial charge is 0.481 e. The van der Waals surface area contributed by atoms with Crippen LogP contribution in [0.4, 0.5) is 4.79 Å². The predicted octanol–water partition coefficient (Wildman–Crippen LogP) is 2.47. The smallest absolute Gasteiger partial charge is 0.317 e. The number of aliphatic carboxylic acids is 1. The number of carbonyl (C=O) groups excluding carboxylic acids is 1. The minimum Gasteiger partial charge on any atom is -0.481 e. The number of carbonyl (C=O) groups is 2. The van der Waals surface area contributed by atoms with Crippen molar-refractivity contribution in [3.8, 4) is 0 Å². The summed E-state index contributed by atoms with van der Waals surface area (Å²) in [4.78, 5) is 25.2. The van der Waals surface area contributed by atoms with Crippen LogP contribution in [-0.2, 0) is 11.3 Å². The van der Waals surface area contributed by atoms with Crippen LogP contribution < -0.4 is 5.32 Å². The van der Waals surface area contributed by atoms with Gasteiger partial charge >= 0.3 is 12.0 Å². The molecular formula is C16H22N2O3. The van der Waals surface area contributed by atoms with Gasteiger partial charge in [-0.3, -0.25) is 4.79 Å². The molecule has 0 atom stereocenters. The minimum atomic E-state index is -0.805. The lowest BCUT2D eigenvalue weighted by Crippen LogP contribution is -2.50. The van der Waals surface area contributed by atoms with E-state index in [-0.39, 0.29) is 12.6 Å². The van der Waals surface area contributed by atoms with Crippen molar-refractivity contribution in [2.45, 2.75) is 32.7 Å². The van der Waals surface area contributed by atoms with Gasteiger partial charge in [-0.2, -0.15) is 0 Å².